The summed E-state index contributed by atoms with van der Waals surface area (Å²) in [7, 11) is 0. The Hall–Kier alpha value is -4.33. The topological polar surface area (TPSA) is 307 Å². The van der Waals surface area contributed by atoms with Gasteiger partial charge in [0.25, 0.3) is 0 Å². The van der Waals surface area contributed by atoms with Crippen LogP contribution in [0.1, 0.15) is 316 Å². The smallest absolute Gasteiger partial charge is 0.220 e. The van der Waals surface area contributed by atoms with Crippen LogP contribution in [0, 0.1) is 0 Å². The first kappa shape index (κ1) is 104. The van der Waals surface area contributed by atoms with E-state index in [1.165, 1.54) is 167 Å². The zero-order valence-corrected chi connectivity index (χ0v) is 70.5. The number of carbonyl (C=O) groups is 1. The Kier molecular flexibility index (Phi) is 66.2. The van der Waals surface area contributed by atoms with Crippen molar-refractivity contribution in [2.24, 2.45) is 0 Å². The van der Waals surface area contributed by atoms with Crippen LogP contribution in [0.15, 0.2) is 146 Å². The standard InChI is InChI=1S/C95H161NO18/c1-3-5-7-9-11-13-15-17-19-21-23-25-27-29-31-33-34-35-36-37-38-39-40-41-42-43-44-45-47-49-51-53-55-57-59-61-63-65-67-69-71-73-83(101)96-78(79(100)72-70-68-66-64-62-60-58-56-54-52-50-48-46-32-30-28-26-24-22-20-18-16-14-12-10-8-6-4-2)77-109-93-89(107)86(104)91(81(75-98)111-93)114-95-90(108)87(105)92(82(76-99)112-95)113-94-88(106)85(103)84(102)80(74-97)110-94/h5,7,11,13,17,19,23,25,29,31,34-35,37-38,40-41,43-44,54,56,62,64,70,72,78-82,84-95,97-100,102-108H,3-4,6,8-10,12,14-16,18,20-22,24,26-28,30,32-33,36,39,42,45-53,55,57-61,63,65-69,71,73-77H2,1-2H3,(H,96,101)/b7-5-,13-11-,19-17-,25-23-,31-29-,35-34-,38-37-,41-40-,44-43-,56-54+,64-62+,72-70+. The predicted molar refractivity (Wildman–Crippen MR) is 461 cm³/mol. The summed E-state index contributed by atoms with van der Waals surface area (Å²) >= 11 is 0. The van der Waals surface area contributed by atoms with Crippen molar-refractivity contribution >= 4 is 5.91 Å². The van der Waals surface area contributed by atoms with Gasteiger partial charge in [-0.05, 0) is 116 Å². The largest absolute Gasteiger partial charge is 0.394 e. The second-order valence-electron chi connectivity index (χ2n) is 31.3. The van der Waals surface area contributed by atoms with Crippen LogP contribution in [0.25, 0.3) is 0 Å². The van der Waals surface area contributed by atoms with Gasteiger partial charge in [0, 0.05) is 6.42 Å². The number of hydrogen-bond acceptors (Lipinski definition) is 18. The van der Waals surface area contributed by atoms with Crippen LogP contribution in [0.4, 0.5) is 0 Å². The maximum Gasteiger partial charge on any atom is 0.220 e. The van der Waals surface area contributed by atoms with Gasteiger partial charge in [-0.2, -0.15) is 0 Å². The molecule has 0 bridgehead atoms. The van der Waals surface area contributed by atoms with Crippen LogP contribution in [0.2, 0.25) is 0 Å². The van der Waals surface area contributed by atoms with Crippen molar-refractivity contribution < 1.29 is 89.4 Å². The Morgan fingerprint density at radius 1 is 0.325 bits per heavy atom. The summed E-state index contributed by atoms with van der Waals surface area (Å²) < 4.78 is 34.5. The molecule has 0 aromatic heterocycles. The lowest BCUT2D eigenvalue weighted by Gasteiger charge is -2.48. The van der Waals surface area contributed by atoms with Crippen molar-refractivity contribution in [1.82, 2.24) is 5.32 Å². The third-order valence-electron chi connectivity index (χ3n) is 21.3. The monoisotopic (exact) mass is 1600 g/mol. The minimum Gasteiger partial charge on any atom is -0.394 e. The van der Waals surface area contributed by atoms with Crippen LogP contribution in [0.3, 0.4) is 0 Å². The number of amides is 1. The fraction of sp³-hybridized carbons (Fsp3) is 0.737. The number of unbranched alkanes of at least 4 members (excludes halogenated alkanes) is 33. The lowest BCUT2D eigenvalue weighted by molar-refractivity contribution is -0.379. The zero-order chi connectivity index (χ0) is 82.4. The first-order chi connectivity index (χ1) is 55.8. The van der Waals surface area contributed by atoms with Crippen molar-refractivity contribution in [1.29, 1.82) is 0 Å². The molecule has 1 amide bonds. The highest BCUT2D eigenvalue weighted by atomic mass is 16.8. The number of aliphatic hydroxyl groups excluding tert-OH is 11. The molecule has 3 aliphatic rings. The highest BCUT2D eigenvalue weighted by Crippen LogP contribution is 2.33. The summed E-state index contributed by atoms with van der Waals surface area (Å²) in [5, 5.41) is 121. The summed E-state index contributed by atoms with van der Waals surface area (Å²) in [5.41, 5.74) is 0. The molecular weight excluding hydrogens is 1440 g/mol. The number of nitrogens with one attached hydrogen (secondary N) is 1. The van der Waals surface area contributed by atoms with E-state index in [-0.39, 0.29) is 18.9 Å². The molecule has 3 rings (SSSR count). The Morgan fingerprint density at radius 2 is 0.614 bits per heavy atom. The van der Waals surface area contributed by atoms with E-state index in [2.05, 4.69) is 153 Å². The molecular formula is C95H161NO18. The van der Waals surface area contributed by atoms with E-state index < -0.39 is 124 Å². The van der Waals surface area contributed by atoms with E-state index in [4.69, 9.17) is 28.4 Å². The second-order valence-corrected chi connectivity index (χ2v) is 31.3. The molecule has 0 aromatic rings. The highest BCUT2D eigenvalue weighted by Gasteiger charge is 2.54. The predicted octanol–water partition coefficient (Wildman–Crippen LogP) is 17.3. The maximum absolute atomic E-state index is 13.5. The molecule has 12 N–H and O–H groups in total. The van der Waals surface area contributed by atoms with E-state index in [9.17, 15) is 61.0 Å². The first-order valence-electron chi connectivity index (χ1n) is 45.1. The van der Waals surface area contributed by atoms with E-state index in [0.29, 0.717) is 12.8 Å². The van der Waals surface area contributed by atoms with Gasteiger partial charge in [0.15, 0.2) is 18.9 Å². The van der Waals surface area contributed by atoms with E-state index in [0.717, 1.165) is 116 Å². The molecule has 3 saturated heterocycles. The molecule has 19 nitrogen and oxygen atoms in total. The van der Waals surface area contributed by atoms with Crippen molar-refractivity contribution in [3.63, 3.8) is 0 Å². The van der Waals surface area contributed by atoms with Gasteiger partial charge in [-0.15, -0.1) is 0 Å². The lowest BCUT2D eigenvalue weighted by Crippen LogP contribution is -2.66. The molecule has 0 saturated carbocycles. The normalized spacial score (nSPS) is 25.4. The third-order valence-corrected chi connectivity index (χ3v) is 21.3. The number of hydrogen-bond donors (Lipinski definition) is 12. The molecule has 654 valence electrons. The van der Waals surface area contributed by atoms with Gasteiger partial charge in [0.1, 0.15) is 73.2 Å². The molecule has 17 atom stereocenters. The summed E-state index contributed by atoms with van der Waals surface area (Å²) in [6, 6.07) is -1.01. The van der Waals surface area contributed by atoms with Crippen LogP contribution < -0.4 is 5.32 Å². The third kappa shape index (κ3) is 50.6. The molecule has 0 aromatic carbocycles. The number of ether oxygens (including phenoxy) is 6. The van der Waals surface area contributed by atoms with Crippen molar-refractivity contribution in [3.05, 3.63) is 146 Å². The molecule has 0 aliphatic carbocycles. The molecule has 0 spiro atoms. The fourth-order valence-corrected chi connectivity index (χ4v) is 14.2. The molecule has 0 radical (unpaired) electrons. The van der Waals surface area contributed by atoms with E-state index in [1.54, 1.807) is 6.08 Å². The molecule has 114 heavy (non-hydrogen) atoms. The number of carbonyl (C=O) groups excluding carboxylic acids is 1. The minimum atomic E-state index is -1.99. The molecule has 3 aliphatic heterocycles. The molecule has 3 heterocycles. The van der Waals surface area contributed by atoms with Crippen LogP contribution in [-0.4, -0.2) is 193 Å². The van der Waals surface area contributed by atoms with Gasteiger partial charge in [-0.25, -0.2) is 0 Å². The number of rotatable bonds is 71. The molecule has 3 fully saturated rings. The summed E-state index contributed by atoms with van der Waals surface area (Å²) in [4.78, 5) is 13.5. The van der Waals surface area contributed by atoms with Crippen LogP contribution >= 0.6 is 0 Å². The zero-order valence-electron chi connectivity index (χ0n) is 70.5. The van der Waals surface area contributed by atoms with Crippen molar-refractivity contribution in [2.75, 3.05) is 26.4 Å². The number of aliphatic hydroxyl groups is 11. The Bertz CT molecular complexity index is 2630. The van der Waals surface area contributed by atoms with Gasteiger partial charge in [0.2, 0.25) is 5.91 Å². The fourth-order valence-electron chi connectivity index (χ4n) is 14.2. The van der Waals surface area contributed by atoms with Crippen molar-refractivity contribution in [2.45, 2.75) is 420 Å². The molecule has 19 heteroatoms. The molecule has 17 unspecified atom stereocenters. The van der Waals surface area contributed by atoms with Crippen LogP contribution in [-0.2, 0) is 33.2 Å². The number of allylic oxidation sites excluding steroid dienone is 23. The minimum absolute atomic E-state index is 0.223. The Balaban J connectivity index is 1.34. The quantitative estimate of drug-likeness (QED) is 0.0199. The van der Waals surface area contributed by atoms with Gasteiger partial charge in [-0.3, -0.25) is 4.79 Å². The van der Waals surface area contributed by atoms with Gasteiger partial charge in [-0.1, -0.05) is 339 Å². The van der Waals surface area contributed by atoms with E-state index in [1.807, 2.05) is 6.08 Å². The first-order valence-corrected chi connectivity index (χ1v) is 45.1. The summed E-state index contributed by atoms with van der Waals surface area (Å²) in [6.07, 6.45) is 79.9. The average Bonchev–Trinajstić information content (AvgIpc) is 0.782. The average molecular weight is 1610 g/mol. The van der Waals surface area contributed by atoms with Crippen LogP contribution in [0.5, 0.6) is 0 Å². The van der Waals surface area contributed by atoms with Gasteiger partial charge >= 0.3 is 0 Å². The lowest BCUT2D eigenvalue weighted by atomic mass is 9.96. The Labute approximate surface area is 689 Å². The van der Waals surface area contributed by atoms with Gasteiger partial charge < -0.3 is 89.9 Å². The Morgan fingerprint density at radius 3 is 0.982 bits per heavy atom. The SMILES string of the molecule is CC/C=C\C/C=C\C/C=C\C/C=C\C/C=C\C/C=C\C/C=C\C/C=C\C/C=C\CCCCCCCCCCCCCCCC(=O)NC(COC1OC(CO)C(OC2OC(CO)C(OC3OC(CO)C(O)C(O)C3O)C(O)C2O)C(O)C1O)C(O)/C=C/CC/C=C/CC/C=C/CCCCCCCCCCCCCCCCCCCC. The summed E-state index contributed by atoms with van der Waals surface area (Å²) in [5.74, 6) is -0.293. The summed E-state index contributed by atoms with van der Waals surface area (Å²) in [6.45, 7) is 1.62. The maximum atomic E-state index is 13.5. The second kappa shape index (κ2) is 72.7. The van der Waals surface area contributed by atoms with E-state index >= 15 is 0 Å². The highest BCUT2D eigenvalue weighted by molar-refractivity contribution is 5.76. The van der Waals surface area contributed by atoms with Crippen molar-refractivity contribution in [3.8, 4) is 0 Å². The van der Waals surface area contributed by atoms with Gasteiger partial charge in [0.05, 0.1) is 38.6 Å².